The summed E-state index contributed by atoms with van der Waals surface area (Å²) in [5.41, 5.74) is 7.78. The molecule has 1 aromatic carbocycles. The average Bonchev–Trinajstić information content (AvgIpc) is 3.59. The van der Waals surface area contributed by atoms with E-state index in [1.165, 1.54) is 0 Å². The third-order valence-corrected chi connectivity index (χ3v) is 8.65. The fourth-order valence-corrected chi connectivity index (χ4v) is 5.85. The number of aromatic nitrogens is 7. The van der Waals surface area contributed by atoms with Gasteiger partial charge in [0, 0.05) is 93.9 Å². The maximum absolute atomic E-state index is 13.7. The van der Waals surface area contributed by atoms with Crippen LogP contribution in [0.15, 0.2) is 30.6 Å². The molecule has 1 aliphatic heterocycles. The fourth-order valence-electron chi connectivity index (χ4n) is 5.85. The number of methoxy groups -OCH3 is 4. The highest BCUT2D eigenvalue weighted by molar-refractivity contribution is 6.00. The summed E-state index contributed by atoms with van der Waals surface area (Å²) in [4.78, 5) is 59.8. The van der Waals surface area contributed by atoms with E-state index in [4.69, 9.17) is 44.6 Å². The summed E-state index contributed by atoms with van der Waals surface area (Å²) in [7, 11) is 10.2. The topological polar surface area (TPSA) is 196 Å². The van der Waals surface area contributed by atoms with Crippen LogP contribution < -0.4 is 30.2 Å². The van der Waals surface area contributed by atoms with Crippen molar-refractivity contribution >= 4 is 52.3 Å². The second kappa shape index (κ2) is 18.5. The Labute approximate surface area is 308 Å². The first-order valence-electron chi connectivity index (χ1n) is 17.2. The minimum absolute atomic E-state index is 0.00142. The lowest BCUT2D eigenvalue weighted by Crippen LogP contribution is -2.51. The minimum atomic E-state index is -0.515. The fraction of sp³-hybridized carbons (Fsp3) is 0.529. The molecule has 19 heteroatoms. The van der Waals surface area contributed by atoms with Crippen LogP contribution in [-0.4, -0.2) is 154 Å². The lowest BCUT2D eigenvalue weighted by molar-refractivity contribution is -0.118. The molecule has 0 radical (unpaired) electrons. The number of ether oxygens (including phenoxy) is 4. The van der Waals surface area contributed by atoms with Crippen molar-refractivity contribution in [2.75, 3.05) is 132 Å². The van der Waals surface area contributed by atoms with Crippen molar-refractivity contribution in [1.29, 1.82) is 0 Å². The Kier molecular flexibility index (Phi) is 13.6. The van der Waals surface area contributed by atoms with Crippen molar-refractivity contribution < 1.29 is 28.5 Å². The van der Waals surface area contributed by atoms with Gasteiger partial charge in [-0.25, -0.2) is 15.0 Å². The molecule has 53 heavy (non-hydrogen) atoms. The van der Waals surface area contributed by atoms with Crippen molar-refractivity contribution in [3.63, 3.8) is 0 Å². The number of primary amides is 1. The Balaban J connectivity index is 1.70. The number of rotatable bonds is 20. The molecule has 0 bridgehead atoms. The Morgan fingerprint density at radius 3 is 2.00 bits per heavy atom. The molecule has 19 nitrogen and oxygen atoms in total. The van der Waals surface area contributed by atoms with Gasteiger partial charge in [-0.05, 0) is 17.7 Å². The number of carbonyl (C=O) groups is 2. The Morgan fingerprint density at radius 2 is 1.45 bits per heavy atom. The summed E-state index contributed by atoms with van der Waals surface area (Å²) in [6.45, 7) is 4.73. The van der Waals surface area contributed by atoms with E-state index in [1.54, 1.807) is 69.6 Å². The number of carbonyl (C=O) groups excluding carboxylic acids is 2. The molecular formula is C34H49N13O6. The van der Waals surface area contributed by atoms with Crippen molar-refractivity contribution in [3.8, 4) is 0 Å². The number of fused-ring (bicyclic) bond motifs is 1. The molecule has 0 unspecified atom stereocenters. The van der Waals surface area contributed by atoms with Crippen LogP contribution in [0.2, 0.25) is 0 Å². The molecule has 2 amide bonds. The highest BCUT2D eigenvalue weighted by Gasteiger charge is 2.32. The van der Waals surface area contributed by atoms with Crippen LogP contribution in [0.25, 0.3) is 11.0 Å². The van der Waals surface area contributed by atoms with Gasteiger partial charge in [-0.3, -0.25) is 19.2 Å². The Morgan fingerprint density at radius 1 is 0.849 bits per heavy atom. The number of benzene rings is 1. The Hall–Kier alpha value is -5.24. The van der Waals surface area contributed by atoms with Gasteiger partial charge in [-0.1, -0.05) is 12.1 Å². The third-order valence-electron chi connectivity index (χ3n) is 8.65. The number of anilines is 5. The highest BCUT2D eigenvalue weighted by atomic mass is 16.5. The zero-order chi connectivity index (χ0) is 37.9. The van der Waals surface area contributed by atoms with Gasteiger partial charge < -0.3 is 44.3 Å². The molecule has 1 aliphatic rings. The van der Waals surface area contributed by atoms with Crippen molar-refractivity contribution in [1.82, 2.24) is 34.7 Å². The number of amides is 2. The third kappa shape index (κ3) is 9.60. The van der Waals surface area contributed by atoms with Gasteiger partial charge in [0.05, 0.1) is 33.0 Å². The number of aryl methyl sites for hydroxylation is 1. The van der Waals surface area contributed by atoms with E-state index >= 15 is 0 Å². The lowest BCUT2D eigenvalue weighted by atomic mass is 10.1. The summed E-state index contributed by atoms with van der Waals surface area (Å²) in [6, 6.07) is 7.15. The van der Waals surface area contributed by atoms with E-state index in [9.17, 15) is 9.59 Å². The molecule has 0 saturated carbocycles. The summed E-state index contributed by atoms with van der Waals surface area (Å²) in [5, 5.41) is 4.35. The molecule has 3 aromatic heterocycles. The zero-order valence-corrected chi connectivity index (χ0v) is 31.3. The summed E-state index contributed by atoms with van der Waals surface area (Å²) >= 11 is 0. The van der Waals surface area contributed by atoms with Crippen molar-refractivity contribution in [2.45, 2.75) is 6.54 Å². The number of hydrogen-bond donors (Lipinski definition) is 1. The predicted octanol–water partition coefficient (Wildman–Crippen LogP) is 0.335. The zero-order valence-electron chi connectivity index (χ0n) is 31.3. The molecule has 0 atom stereocenters. The number of piperazine rings is 1. The predicted molar refractivity (Wildman–Crippen MR) is 200 cm³/mol. The highest BCUT2D eigenvalue weighted by Crippen LogP contribution is 2.34. The average molecular weight is 736 g/mol. The number of nitrogens with zero attached hydrogens (tertiary/aromatic N) is 12. The van der Waals surface area contributed by atoms with E-state index in [1.807, 2.05) is 32.7 Å². The normalized spacial score (nSPS) is 13.2. The largest absolute Gasteiger partial charge is 0.383 e. The van der Waals surface area contributed by atoms with Crippen LogP contribution in [0.3, 0.4) is 0 Å². The molecule has 1 fully saturated rings. The van der Waals surface area contributed by atoms with Gasteiger partial charge in [-0.2, -0.15) is 9.97 Å². The van der Waals surface area contributed by atoms with Gasteiger partial charge in [0.25, 0.3) is 5.95 Å². The molecule has 4 aromatic rings. The van der Waals surface area contributed by atoms with Crippen LogP contribution in [0.1, 0.15) is 15.9 Å². The van der Waals surface area contributed by atoms with Gasteiger partial charge in [-0.15, -0.1) is 5.10 Å². The van der Waals surface area contributed by atoms with E-state index in [2.05, 4.69) is 10.1 Å². The SMILES string of the molecule is COCCN(CCOC)c1nc(N2CCN(c3ncn(C)n3)C(=O)C2)c2nc(N(CCOC)CCOC)nc(N(C)Cc3cccc(C(N)=O)c3)c2n1. The van der Waals surface area contributed by atoms with Gasteiger partial charge >= 0.3 is 0 Å². The van der Waals surface area contributed by atoms with Crippen molar-refractivity contribution in [2.24, 2.45) is 12.8 Å². The standard InChI is InChI=1S/C34H49N13O6/c1-42(21-24-8-7-9-25(20-24)29(35)49)30-27-28(38-33(39-30)44(12-16-50-3)13-17-51-4)31(40-34(37-27)45(14-18-52-5)15-19-53-6)46-10-11-47(26(48)22-46)32-36-23-43(2)41-32/h7-9,20,23H,10-19,21-22H2,1-6H3,(H2,35,49). The number of hydrogen-bond acceptors (Lipinski definition) is 16. The van der Waals surface area contributed by atoms with Crippen LogP contribution in [-0.2, 0) is 37.3 Å². The molecule has 0 aliphatic carbocycles. The first-order chi connectivity index (χ1) is 25.7. The minimum Gasteiger partial charge on any atom is -0.383 e. The van der Waals surface area contributed by atoms with E-state index in [0.717, 1.165) is 5.56 Å². The maximum Gasteiger partial charge on any atom is 0.251 e. The Bertz CT molecular complexity index is 1830. The first kappa shape index (κ1) is 39.0. The molecule has 286 valence electrons. The second-order valence-corrected chi connectivity index (χ2v) is 12.4. The van der Waals surface area contributed by atoms with Gasteiger partial charge in [0.15, 0.2) is 11.6 Å². The lowest BCUT2D eigenvalue weighted by Gasteiger charge is -2.34. The van der Waals surface area contributed by atoms with Gasteiger partial charge in [0.1, 0.15) is 17.4 Å². The van der Waals surface area contributed by atoms with Gasteiger partial charge in [0.2, 0.25) is 23.7 Å². The molecule has 1 saturated heterocycles. The van der Waals surface area contributed by atoms with E-state index in [-0.39, 0.29) is 12.5 Å². The summed E-state index contributed by atoms with van der Waals surface area (Å²) < 4.78 is 23.3. The second-order valence-electron chi connectivity index (χ2n) is 12.4. The molecule has 2 N–H and O–H groups in total. The van der Waals surface area contributed by atoms with E-state index < -0.39 is 5.91 Å². The number of nitrogens with two attached hydrogens (primary N) is 1. The van der Waals surface area contributed by atoms with E-state index in [0.29, 0.717) is 118 Å². The monoisotopic (exact) mass is 735 g/mol. The van der Waals surface area contributed by atoms with Crippen LogP contribution in [0.4, 0.5) is 29.5 Å². The summed E-state index contributed by atoms with van der Waals surface area (Å²) in [5.74, 6) is 1.44. The van der Waals surface area contributed by atoms with Crippen molar-refractivity contribution in [3.05, 3.63) is 41.7 Å². The molecular weight excluding hydrogens is 686 g/mol. The smallest absolute Gasteiger partial charge is 0.251 e. The van der Waals surface area contributed by atoms with Crippen LogP contribution in [0.5, 0.6) is 0 Å². The van der Waals surface area contributed by atoms with Crippen LogP contribution in [0, 0.1) is 0 Å². The van der Waals surface area contributed by atoms with Crippen LogP contribution >= 0.6 is 0 Å². The first-order valence-corrected chi connectivity index (χ1v) is 17.2. The quantitative estimate of drug-likeness (QED) is 0.130. The maximum atomic E-state index is 13.7. The molecule has 0 spiro atoms. The molecule has 5 rings (SSSR count). The molecule has 4 heterocycles. The summed E-state index contributed by atoms with van der Waals surface area (Å²) in [6.07, 6.45) is 1.56.